The zero-order valence-electron chi connectivity index (χ0n) is 17.8. The number of anilines is 1. The molecule has 1 amide bonds. The molecule has 8 heteroatoms. The molecule has 1 aromatic heterocycles. The van der Waals surface area contributed by atoms with Crippen molar-refractivity contribution in [2.45, 2.75) is 18.2 Å². The Morgan fingerprint density at radius 3 is 2.77 bits per heavy atom. The van der Waals surface area contributed by atoms with Gasteiger partial charge in [-0.1, -0.05) is 41.1 Å². The molecular weight excluding hydrogens is 450 g/mol. The minimum atomic E-state index is -0.0141. The third kappa shape index (κ3) is 5.07. The fourth-order valence-corrected chi connectivity index (χ4v) is 5.67. The van der Waals surface area contributed by atoms with E-state index < -0.39 is 0 Å². The maximum Gasteiger partial charge on any atom is 0.261 e. The van der Waals surface area contributed by atoms with E-state index in [2.05, 4.69) is 4.90 Å². The number of ether oxygens (including phenoxy) is 1. The van der Waals surface area contributed by atoms with Gasteiger partial charge in [0, 0.05) is 31.1 Å². The van der Waals surface area contributed by atoms with Gasteiger partial charge in [0.05, 0.1) is 34.0 Å². The molecule has 1 aliphatic rings. The predicted molar refractivity (Wildman–Crippen MR) is 131 cm³/mol. The summed E-state index contributed by atoms with van der Waals surface area (Å²) in [5.41, 5.74) is 2.65. The van der Waals surface area contributed by atoms with Crippen LogP contribution in [0.15, 0.2) is 41.3 Å². The number of thiazole rings is 1. The molecule has 3 aromatic rings. The van der Waals surface area contributed by atoms with E-state index in [0.29, 0.717) is 22.3 Å². The Balaban J connectivity index is 1.64. The summed E-state index contributed by atoms with van der Waals surface area (Å²) in [6.07, 6.45) is 2.87. The second-order valence-electron chi connectivity index (χ2n) is 7.50. The highest BCUT2D eigenvalue weighted by Gasteiger charge is 2.24. The number of hydrogen-bond donors (Lipinski definition) is 0. The van der Waals surface area contributed by atoms with Gasteiger partial charge in [-0.15, -0.1) is 11.8 Å². The van der Waals surface area contributed by atoms with Gasteiger partial charge in [-0.3, -0.25) is 14.6 Å². The Labute approximate surface area is 196 Å². The van der Waals surface area contributed by atoms with Crippen LogP contribution in [0.1, 0.15) is 22.3 Å². The van der Waals surface area contributed by atoms with Crippen molar-refractivity contribution in [2.24, 2.45) is 0 Å². The molecule has 5 nitrogen and oxygen atoms in total. The SMILES string of the molecule is CSc1ccccc1C(=O)N(CCCN1CCOCC1)c1nc2c(C)ccc(Cl)c2s1. The molecule has 1 aliphatic heterocycles. The summed E-state index contributed by atoms with van der Waals surface area (Å²) < 4.78 is 6.38. The standard InChI is InChI=1S/C23H26ClN3O2S2/c1-16-8-9-18(24)21-20(16)25-23(31-21)27(11-5-10-26-12-14-29-15-13-26)22(28)17-6-3-4-7-19(17)30-2/h3-4,6-9H,5,10-15H2,1-2H3. The van der Waals surface area contributed by atoms with Crippen LogP contribution in [0, 0.1) is 6.92 Å². The van der Waals surface area contributed by atoms with E-state index >= 15 is 0 Å². The molecule has 0 bridgehead atoms. The fraction of sp³-hybridized carbons (Fsp3) is 0.391. The van der Waals surface area contributed by atoms with Crippen LogP contribution in [-0.2, 0) is 4.74 Å². The summed E-state index contributed by atoms with van der Waals surface area (Å²) in [6.45, 7) is 7.00. The van der Waals surface area contributed by atoms with Gasteiger partial charge in [-0.2, -0.15) is 0 Å². The van der Waals surface area contributed by atoms with Crippen molar-refractivity contribution in [3.63, 3.8) is 0 Å². The Morgan fingerprint density at radius 2 is 2.03 bits per heavy atom. The summed E-state index contributed by atoms with van der Waals surface area (Å²) in [4.78, 5) is 23.7. The number of nitrogens with zero attached hydrogens (tertiary/aromatic N) is 3. The molecule has 2 heterocycles. The van der Waals surface area contributed by atoms with E-state index in [-0.39, 0.29) is 5.91 Å². The molecule has 0 atom stereocenters. The van der Waals surface area contributed by atoms with E-state index in [9.17, 15) is 4.79 Å². The molecule has 0 aliphatic carbocycles. The van der Waals surface area contributed by atoms with Crippen molar-refractivity contribution in [1.82, 2.24) is 9.88 Å². The number of rotatable bonds is 7. The monoisotopic (exact) mass is 475 g/mol. The number of aryl methyl sites for hydroxylation is 1. The highest BCUT2D eigenvalue weighted by atomic mass is 35.5. The first-order chi connectivity index (χ1) is 15.1. The number of amides is 1. The Kier molecular flexibility index (Phi) is 7.51. The summed E-state index contributed by atoms with van der Waals surface area (Å²) in [5, 5.41) is 1.38. The summed E-state index contributed by atoms with van der Waals surface area (Å²) in [5.74, 6) is -0.0141. The predicted octanol–water partition coefficient (Wildman–Crippen LogP) is 5.35. The Bertz CT molecular complexity index is 1030. The number of halogens is 1. The molecule has 0 N–H and O–H groups in total. The van der Waals surface area contributed by atoms with E-state index in [1.54, 1.807) is 11.8 Å². The molecule has 1 saturated heterocycles. The number of carbonyl (C=O) groups is 1. The van der Waals surface area contributed by atoms with Crippen molar-refractivity contribution in [3.8, 4) is 0 Å². The van der Waals surface area contributed by atoms with Gasteiger partial charge >= 0.3 is 0 Å². The summed E-state index contributed by atoms with van der Waals surface area (Å²) in [7, 11) is 0. The van der Waals surface area contributed by atoms with Crippen molar-refractivity contribution < 1.29 is 9.53 Å². The van der Waals surface area contributed by atoms with Crippen LogP contribution in [0.2, 0.25) is 5.02 Å². The molecule has 2 aromatic carbocycles. The molecule has 0 spiro atoms. The van der Waals surface area contributed by atoms with Gasteiger partial charge in [-0.25, -0.2) is 4.98 Å². The topological polar surface area (TPSA) is 45.7 Å². The molecule has 31 heavy (non-hydrogen) atoms. The number of benzene rings is 2. The maximum atomic E-state index is 13.7. The molecule has 164 valence electrons. The molecule has 1 fully saturated rings. The quantitative estimate of drug-likeness (QED) is 0.431. The van der Waals surface area contributed by atoms with Crippen LogP contribution < -0.4 is 4.90 Å². The van der Waals surface area contributed by atoms with Gasteiger partial charge in [0.1, 0.15) is 0 Å². The third-order valence-electron chi connectivity index (χ3n) is 5.46. The number of aromatic nitrogens is 1. The largest absolute Gasteiger partial charge is 0.379 e. The average molecular weight is 476 g/mol. The van der Waals surface area contributed by atoms with Crippen LogP contribution in [0.3, 0.4) is 0 Å². The second kappa shape index (κ2) is 10.3. The van der Waals surface area contributed by atoms with Crippen LogP contribution in [-0.4, -0.2) is 61.4 Å². The summed E-state index contributed by atoms with van der Waals surface area (Å²) in [6, 6.07) is 11.6. The Hall–Kier alpha value is -1.64. The van der Waals surface area contributed by atoms with Crippen molar-refractivity contribution >= 4 is 56.0 Å². The van der Waals surface area contributed by atoms with Crippen LogP contribution in [0.5, 0.6) is 0 Å². The lowest BCUT2D eigenvalue weighted by atomic mass is 10.2. The zero-order chi connectivity index (χ0) is 21.8. The first-order valence-electron chi connectivity index (χ1n) is 10.4. The van der Waals surface area contributed by atoms with Crippen molar-refractivity contribution in [3.05, 3.63) is 52.5 Å². The lowest BCUT2D eigenvalue weighted by molar-refractivity contribution is 0.0376. The highest BCUT2D eigenvalue weighted by Crippen LogP contribution is 2.36. The molecule has 0 radical (unpaired) electrons. The fourth-order valence-electron chi connectivity index (χ4n) is 3.73. The second-order valence-corrected chi connectivity index (χ2v) is 9.74. The molecule has 0 saturated carbocycles. The maximum absolute atomic E-state index is 13.7. The zero-order valence-corrected chi connectivity index (χ0v) is 20.2. The molecule has 4 rings (SSSR count). The number of thioether (sulfide) groups is 1. The van der Waals surface area contributed by atoms with E-state index in [4.69, 9.17) is 21.3 Å². The lowest BCUT2D eigenvalue weighted by Crippen LogP contribution is -2.39. The van der Waals surface area contributed by atoms with E-state index in [0.717, 1.165) is 59.9 Å². The van der Waals surface area contributed by atoms with Gasteiger partial charge in [0.25, 0.3) is 5.91 Å². The first kappa shape index (κ1) is 22.6. The van der Waals surface area contributed by atoms with Crippen molar-refractivity contribution in [2.75, 3.05) is 50.5 Å². The van der Waals surface area contributed by atoms with Gasteiger partial charge in [0.2, 0.25) is 0 Å². The van der Waals surface area contributed by atoms with Crippen molar-refractivity contribution in [1.29, 1.82) is 0 Å². The van der Waals surface area contributed by atoms with Crippen LogP contribution in [0.25, 0.3) is 10.2 Å². The Morgan fingerprint density at radius 1 is 1.26 bits per heavy atom. The van der Waals surface area contributed by atoms with Gasteiger partial charge < -0.3 is 4.74 Å². The van der Waals surface area contributed by atoms with Gasteiger partial charge in [0.15, 0.2) is 5.13 Å². The highest BCUT2D eigenvalue weighted by molar-refractivity contribution is 7.98. The number of morpholine rings is 1. The summed E-state index contributed by atoms with van der Waals surface area (Å²) >= 11 is 9.52. The average Bonchev–Trinajstić information content (AvgIpc) is 3.26. The normalized spacial score (nSPS) is 14.8. The molecular formula is C23H26ClN3O2S2. The lowest BCUT2D eigenvalue weighted by Gasteiger charge is -2.28. The van der Waals surface area contributed by atoms with Crippen LogP contribution in [0.4, 0.5) is 5.13 Å². The minimum absolute atomic E-state index is 0.0141. The van der Waals surface area contributed by atoms with E-state index in [1.165, 1.54) is 11.3 Å². The third-order valence-corrected chi connectivity index (χ3v) is 7.79. The number of fused-ring (bicyclic) bond motifs is 1. The van der Waals surface area contributed by atoms with Gasteiger partial charge in [-0.05, 0) is 43.4 Å². The smallest absolute Gasteiger partial charge is 0.261 e. The first-order valence-corrected chi connectivity index (χ1v) is 12.8. The number of carbonyl (C=O) groups excluding carboxylic acids is 1. The minimum Gasteiger partial charge on any atom is -0.379 e. The van der Waals surface area contributed by atoms with Crippen LogP contribution >= 0.6 is 34.7 Å². The van der Waals surface area contributed by atoms with E-state index in [1.807, 2.05) is 54.5 Å². The number of hydrogen-bond acceptors (Lipinski definition) is 6. The molecule has 0 unspecified atom stereocenters.